The van der Waals surface area contributed by atoms with E-state index in [0.717, 1.165) is 11.1 Å². The van der Waals surface area contributed by atoms with Crippen LogP contribution in [-0.2, 0) is 30.1 Å². The van der Waals surface area contributed by atoms with E-state index in [-0.39, 0.29) is 40.5 Å². The summed E-state index contributed by atoms with van der Waals surface area (Å²) in [6.45, 7) is 4.12. The van der Waals surface area contributed by atoms with Gasteiger partial charge in [-0.15, -0.1) is 26.8 Å². The highest BCUT2D eigenvalue weighted by Gasteiger charge is 2.60. The number of amides is 2. The lowest BCUT2D eigenvalue weighted by atomic mass is 9.75. The van der Waals surface area contributed by atoms with Crippen LogP contribution >= 0.6 is 11.8 Å². The Balaban J connectivity index is 1.47. The van der Waals surface area contributed by atoms with E-state index in [2.05, 4.69) is 20.7 Å². The fourth-order valence-corrected chi connectivity index (χ4v) is 8.28. The third-order valence-corrected chi connectivity index (χ3v) is 9.92. The van der Waals surface area contributed by atoms with Crippen molar-refractivity contribution < 1.29 is 27.9 Å². The van der Waals surface area contributed by atoms with E-state index < -0.39 is 39.6 Å². The smallest absolute Gasteiger partial charge is 0.353 e. The van der Waals surface area contributed by atoms with Gasteiger partial charge in [0.15, 0.2) is 22.0 Å². The summed E-state index contributed by atoms with van der Waals surface area (Å²) >= 11 is 1.40. The van der Waals surface area contributed by atoms with Gasteiger partial charge in [0.25, 0.3) is 0 Å². The second-order valence-corrected chi connectivity index (χ2v) is 12.9. The van der Waals surface area contributed by atoms with Crippen LogP contribution in [0.15, 0.2) is 16.9 Å². The van der Waals surface area contributed by atoms with Gasteiger partial charge in [-0.25, -0.2) is 13.2 Å². The number of fused-ring (bicyclic) bond motifs is 1. The Morgan fingerprint density at radius 2 is 2.09 bits per heavy atom. The summed E-state index contributed by atoms with van der Waals surface area (Å²) in [6, 6.07) is -0.747. The Bertz CT molecular complexity index is 1150. The quantitative estimate of drug-likeness (QED) is 0.378. The van der Waals surface area contributed by atoms with Crippen molar-refractivity contribution in [1.29, 1.82) is 0 Å². The molecular formula is C20H29N7O6S2. The van der Waals surface area contributed by atoms with E-state index in [1.54, 1.807) is 21.0 Å². The number of carbonyl (C=O) groups excluding carboxylic acids is 2. The molecule has 13 nitrogen and oxygen atoms in total. The van der Waals surface area contributed by atoms with Crippen molar-refractivity contribution in [1.82, 2.24) is 35.3 Å². The number of likely N-dealkylation sites (N-methyl/N-ethyl adjacent to an activating group) is 1. The Labute approximate surface area is 207 Å². The Hall–Kier alpha value is -2.52. The molecule has 0 aliphatic carbocycles. The summed E-state index contributed by atoms with van der Waals surface area (Å²) in [4.78, 5) is 41.9. The molecule has 4 rings (SSSR count). The molecule has 1 aromatic heterocycles. The molecule has 6 atom stereocenters. The van der Waals surface area contributed by atoms with Crippen molar-refractivity contribution in [3.05, 3.63) is 16.9 Å². The first-order valence-corrected chi connectivity index (χ1v) is 13.9. The lowest BCUT2D eigenvalue weighted by Gasteiger charge is -2.47. The minimum absolute atomic E-state index is 0.0177. The standard InChI is InChI=1S/C20H29N7O6S2/c1-10(7-35(32,33)9-26-23-8-22-24-26)14-15-11(2)17(16(20(30)31)27(15)19(14)29)34-12-5-13(21-6-12)18(28)25(3)4/h8,10-15,21H,5-7,9H2,1-4H3,(H,30,31)/t10-,11+,12-,13?,14+,15+/m0/s1. The Morgan fingerprint density at radius 3 is 2.69 bits per heavy atom. The number of hydrogen-bond acceptors (Lipinski definition) is 10. The van der Waals surface area contributed by atoms with E-state index in [0.29, 0.717) is 17.9 Å². The van der Waals surface area contributed by atoms with Crippen LogP contribution in [0.1, 0.15) is 20.3 Å². The predicted octanol–water partition coefficient (Wildman–Crippen LogP) is -0.994. The number of hydrogen-bond donors (Lipinski definition) is 2. The van der Waals surface area contributed by atoms with Gasteiger partial charge in [-0.2, -0.15) is 0 Å². The van der Waals surface area contributed by atoms with Crippen LogP contribution in [-0.4, -0.2) is 105 Å². The molecule has 15 heteroatoms. The Morgan fingerprint density at radius 1 is 1.37 bits per heavy atom. The Kier molecular flexibility index (Phi) is 6.94. The second kappa shape index (κ2) is 9.50. The van der Waals surface area contributed by atoms with Crippen LogP contribution in [0.5, 0.6) is 0 Å². The number of tetrazole rings is 1. The number of sulfone groups is 1. The molecule has 192 valence electrons. The molecule has 1 unspecified atom stereocenters. The molecule has 0 spiro atoms. The molecule has 3 aliphatic rings. The number of carboxylic acid groups (broad SMARTS) is 1. The van der Waals surface area contributed by atoms with Crippen molar-refractivity contribution in [2.75, 3.05) is 26.4 Å². The molecule has 0 bridgehead atoms. The number of nitrogens with zero attached hydrogens (tertiary/aromatic N) is 6. The first-order valence-electron chi connectivity index (χ1n) is 11.2. The lowest BCUT2D eigenvalue weighted by Crippen LogP contribution is -2.63. The topological polar surface area (TPSA) is 168 Å². The van der Waals surface area contributed by atoms with E-state index in [1.165, 1.54) is 21.6 Å². The van der Waals surface area contributed by atoms with Crippen LogP contribution in [0, 0.1) is 17.8 Å². The van der Waals surface area contributed by atoms with Crippen molar-refractivity contribution in [3.8, 4) is 0 Å². The average Bonchev–Trinajstić information content (AvgIpc) is 3.47. The number of aromatic nitrogens is 4. The first kappa shape index (κ1) is 25.6. The SMILES string of the molecule is C[C@@H](CS(=O)(=O)Cn1ncnn1)[C@H]1C(=O)N2C(C(=O)O)=C(S[C@@H]3CNC(C(=O)N(C)C)C3)[C@H](C)[C@H]12. The minimum Gasteiger partial charge on any atom is -0.477 e. The van der Waals surface area contributed by atoms with Crippen molar-refractivity contribution in [2.24, 2.45) is 17.8 Å². The minimum atomic E-state index is -3.63. The molecule has 35 heavy (non-hydrogen) atoms. The van der Waals surface area contributed by atoms with Gasteiger partial charge >= 0.3 is 5.97 Å². The monoisotopic (exact) mass is 527 g/mol. The third kappa shape index (κ3) is 4.80. The molecule has 4 heterocycles. The third-order valence-electron chi connectivity index (χ3n) is 6.75. The van der Waals surface area contributed by atoms with Gasteiger partial charge in [-0.05, 0) is 17.6 Å². The summed E-state index contributed by atoms with van der Waals surface area (Å²) < 4.78 is 25.3. The summed E-state index contributed by atoms with van der Waals surface area (Å²) in [6.07, 6.45) is 1.70. The fourth-order valence-electron chi connectivity index (χ4n) is 5.22. The molecule has 2 fully saturated rings. The number of aliphatic carboxylic acids is 1. The van der Waals surface area contributed by atoms with E-state index in [4.69, 9.17) is 0 Å². The second-order valence-electron chi connectivity index (χ2n) is 9.53. The van der Waals surface area contributed by atoms with E-state index >= 15 is 0 Å². The molecule has 0 saturated carbocycles. The van der Waals surface area contributed by atoms with Crippen LogP contribution in [0.25, 0.3) is 0 Å². The molecule has 2 saturated heterocycles. The molecular weight excluding hydrogens is 498 g/mol. The van der Waals surface area contributed by atoms with Gasteiger partial charge in [-0.3, -0.25) is 9.59 Å². The fraction of sp³-hybridized carbons (Fsp3) is 0.700. The van der Waals surface area contributed by atoms with Crippen molar-refractivity contribution in [2.45, 2.75) is 43.5 Å². The molecule has 3 aliphatic heterocycles. The van der Waals surface area contributed by atoms with Crippen LogP contribution < -0.4 is 5.32 Å². The number of rotatable bonds is 9. The normalized spacial score (nSPS) is 29.2. The first-order chi connectivity index (χ1) is 16.4. The molecule has 1 aromatic rings. The van der Waals surface area contributed by atoms with Gasteiger partial charge in [0, 0.05) is 36.7 Å². The van der Waals surface area contributed by atoms with Crippen molar-refractivity contribution >= 4 is 39.4 Å². The maximum absolute atomic E-state index is 13.1. The zero-order valence-corrected chi connectivity index (χ0v) is 21.5. The number of carbonyl (C=O) groups is 3. The number of nitrogens with one attached hydrogen (secondary N) is 1. The van der Waals surface area contributed by atoms with Crippen LogP contribution in [0.3, 0.4) is 0 Å². The lowest BCUT2D eigenvalue weighted by molar-refractivity contribution is -0.159. The zero-order valence-electron chi connectivity index (χ0n) is 19.9. The van der Waals surface area contributed by atoms with Gasteiger partial charge in [0.1, 0.15) is 5.70 Å². The van der Waals surface area contributed by atoms with E-state index in [1.807, 2.05) is 6.92 Å². The molecule has 2 N–H and O–H groups in total. The highest BCUT2D eigenvalue weighted by Crippen LogP contribution is 2.53. The highest BCUT2D eigenvalue weighted by molar-refractivity contribution is 8.03. The van der Waals surface area contributed by atoms with Crippen molar-refractivity contribution in [3.63, 3.8) is 0 Å². The van der Waals surface area contributed by atoms with Gasteiger partial charge in [0.2, 0.25) is 11.8 Å². The zero-order chi connectivity index (χ0) is 25.7. The van der Waals surface area contributed by atoms with Gasteiger partial charge in [0.05, 0.1) is 23.8 Å². The summed E-state index contributed by atoms with van der Waals surface area (Å²) in [7, 11) is -0.251. The number of β-lactam (4-membered cyclic amide) rings is 1. The summed E-state index contributed by atoms with van der Waals surface area (Å²) in [5.41, 5.74) is -0.0296. The van der Waals surface area contributed by atoms with Crippen LogP contribution in [0.4, 0.5) is 0 Å². The van der Waals surface area contributed by atoms with Crippen LogP contribution in [0.2, 0.25) is 0 Å². The highest BCUT2D eigenvalue weighted by atomic mass is 32.2. The molecule has 0 radical (unpaired) electrons. The molecule has 0 aromatic carbocycles. The van der Waals surface area contributed by atoms with Gasteiger partial charge in [-0.1, -0.05) is 13.8 Å². The van der Waals surface area contributed by atoms with Gasteiger partial charge < -0.3 is 20.2 Å². The largest absolute Gasteiger partial charge is 0.477 e. The average molecular weight is 528 g/mol. The number of thioether (sulfide) groups is 1. The molecule has 2 amide bonds. The maximum atomic E-state index is 13.1. The summed E-state index contributed by atoms with van der Waals surface area (Å²) in [5, 5.41) is 23.9. The predicted molar refractivity (Wildman–Crippen MR) is 125 cm³/mol. The van der Waals surface area contributed by atoms with E-state index in [9.17, 15) is 27.9 Å². The summed E-state index contributed by atoms with van der Waals surface area (Å²) in [5.74, 6) is -3.68. The number of carboxylic acids is 1. The maximum Gasteiger partial charge on any atom is 0.353 e.